The van der Waals surface area contributed by atoms with E-state index in [1.807, 2.05) is 25.4 Å². The molecule has 0 radical (unpaired) electrons. The van der Waals surface area contributed by atoms with Crippen LogP contribution in [0.2, 0.25) is 0 Å². The first-order chi connectivity index (χ1) is 14.8. The average molecular weight is 409 g/mol. The molecule has 0 aliphatic heterocycles. The van der Waals surface area contributed by atoms with Gasteiger partial charge in [0.1, 0.15) is 11.2 Å². The number of aryl methyl sites for hydroxylation is 2. The molecule has 3 heteroatoms. The normalized spacial score (nSPS) is 13.4. The van der Waals surface area contributed by atoms with Gasteiger partial charge in [0.05, 0.1) is 5.69 Å². The molecule has 0 N–H and O–H groups in total. The third-order valence-electron chi connectivity index (χ3n) is 6.79. The van der Waals surface area contributed by atoms with Gasteiger partial charge >= 0.3 is 0 Å². The number of hydrogen-bond donors (Lipinski definition) is 0. The first-order valence-corrected chi connectivity index (χ1v) is 10.9. The van der Waals surface area contributed by atoms with E-state index in [1.54, 1.807) is 0 Å². The number of aromatic nitrogens is 2. The molecule has 3 heterocycles. The zero-order chi connectivity index (χ0) is 21.9. The maximum atomic E-state index is 6.54. The summed E-state index contributed by atoms with van der Waals surface area (Å²) in [5.41, 5.74) is 7.58. The number of rotatable bonds is 2. The summed E-state index contributed by atoms with van der Waals surface area (Å²) in [4.78, 5) is 9.24. The van der Waals surface area contributed by atoms with Crippen LogP contribution in [-0.2, 0) is 0 Å². The Balaban J connectivity index is 1.78. The topological polar surface area (TPSA) is 38.9 Å². The predicted octanol–water partition coefficient (Wildman–Crippen LogP) is 7.96. The lowest BCUT2D eigenvalue weighted by atomic mass is 9.76. The van der Waals surface area contributed by atoms with E-state index in [-0.39, 0.29) is 5.41 Å². The second-order valence-corrected chi connectivity index (χ2v) is 9.73. The molecule has 2 aromatic carbocycles. The van der Waals surface area contributed by atoms with E-state index in [9.17, 15) is 0 Å². The fraction of sp³-hybridized carbons (Fsp3) is 0.286. The summed E-state index contributed by atoms with van der Waals surface area (Å²) in [6, 6.07) is 14.9. The average Bonchev–Trinajstić information content (AvgIpc) is 3.13. The van der Waals surface area contributed by atoms with Gasteiger partial charge in [-0.25, -0.2) is 0 Å². The molecule has 0 spiro atoms. The summed E-state index contributed by atoms with van der Waals surface area (Å²) in [5, 5.41) is 4.48. The van der Waals surface area contributed by atoms with Crippen LogP contribution in [0.4, 0.5) is 0 Å². The highest BCUT2D eigenvalue weighted by atomic mass is 16.3. The quantitative estimate of drug-likeness (QED) is 0.297. The molecule has 1 unspecified atom stereocenters. The van der Waals surface area contributed by atoms with Gasteiger partial charge in [-0.2, -0.15) is 0 Å². The smallest absolute Gasteiger partial charge is 0.144 e. The maximum absolute atomic E-state index is 6.54. The molecule has 3 aromatic heterocycles. The number of benzene rings is 2. The van der Waals surface area contributed by atoms with Crippen LogP contribution < -0.4 is 0 Å². The Hall–Kier alpha value is -3.20. The molecule has 5 aromatic rings. The van der Waals surface area contributed by atoms with Crippen LogP contribution in [0.5, 0.6) is 0 Å². The predicted molar refractivity (Wildman–Crippen MR) is 130 cm³/mol. The van der Waals surface area contributed by atoms with Crippen LogP contribution in [0, 0.1) is 19.3 Å². The van der Waals surface area contributed by atoms with Crippen LogP contribution in [0.15, 0.2) is 59.3 Å². The Bertz CT molecular complexity index is 1450. The number of para-hydroxylation sites is 1. The van der Waals surface area contributed by atoms with Crippen molar-refractivity contribution in [2.45, 2.75) is 47.5 Å². The van der Waals surface area contributed by atoms with E-state index < -0.39 is 0 Å². The standard InChI is InChI=1S/C28H28N2O/c1-16-15-30-25(14-24(16)17(2)28(4,5)6)23-9-7-8-20-21-11-10-19-18(3)29-13-12-22(19)26(21)31-27(20)23/h7-15,17H,1-6H3. The Morgan fingerprint density at radius 3 is 2.32 bits per heavy atom. The van der Waals surface area contributed by atoms with Crippen molar-refractivity contribution in [3.63, 3.8) is 0 Å². The van der Waals surface area contributed by atoms with E-state index in [1.165, 1.54) is 11.1 Å². The summed E-state index contributed by atoms with van der Waals surface area (Å²) in [6.07, 6.45) is 3.85. The van der Waals surface area contributed by atoms with E-state index in [4.69, 9.17) is 9.40 Å². The third kappa shape index (κ3) is 3.11. The Kier molecular flexibility index (Phi) is 4.40. The number of pyridine rings is 2. The fourth-order valence-electron chi connectivity index (χ4n) is 4.48. The van der Waals surface area contributed by atoms with Gasteiger partial charge in [-0.15, -0.1) is 0 Å². The van der Waals surface area contributed by atoms with E-state index in [2.05, 4.69) is 76.0 Å². The van der Waals surface area contributed by atoms with Gasteiger partial charge < -0.3 is 4.42 Å². The van der Waals surface area contributed by atoms with Gasteiger partial charge in [-0.1, -0.05) is 45.9 Å². The summed E-state index contributed by atoms with van der Waals surface area (Å²) >= 11 is 0. The number of nitrogens with zero attached hydrogens (tertiary/aromatic N) is 2. The minimum atomic E-state index is 0.180. The lowest BCUT2D eigenvalue weighted by Crippen LogP contribution is -2.16. The molecule has 3 nitrogen and oxygen atoms in total. The zero-order valence-electron chi connectivity index (χ0n) is 19.1. The SMILES string of the molecule is Cc1cnc(-c2cccc3c2oc2c4ccnc(C)c4ccc32)cc1C(C)C(C)(C)C. The monoisotopic (exact) mass is 408 g/mol. The Morgan fingerprint density at radius 1 is 0.839 bits per heavy atom. The summed E-state index contributed by atoms with van der Waals surface area (Å²) < 4.78 is 6.54. The highest BCUT2D eigenvalue weighted by Gasteiger charge is 2.24. The van der Waals surface area contributed by atoms with Crippen molar-refractivity contribution in [3.05, 3.63) is 71.7 Å². The van der Waals surface area contributed by atoms with Gasteiger partial charge in [0, 0.05) is 45.2 Å². The molecule has 0 amide bonds. The molecule has 156 valence electrons. The molecule has 0 saturated heterocycles. The Labute approximate surface area is 183 Å². The summed E-state index contributed by atoms with van der Waals surface area (Å²) in [7, 11) is 0. The molecule has 0 aliphatic carbocycles. The van der Waals surface area contributed by atoms with Gasteiger partial charge in [0.25, 0.3) is 0 Å². The number of furan rings is 1. The minimum absolute atomic E-state index is 0.180. The van der Waals surface area contributed by atoms with Crippen LogP contribution in [0.3, 0.4) is 0 Å². The molecular weight excluding hydrogens is 380 g/mol. The Morgan fingerprint density at radius 2 is 1.55 bits per heavy atom. The maximum Gasteiger partial charge on any atom is 0.144 e. The van der Waals surface area contributed by atoms with Gasteiger partial charge in [0.15, 0.2) is 0 Å². The van der Waals surface area contributed by atoms with Crippen molar-refractivity contribution < 1.29 is 4.42 Å². The fourth-order valence-corrected chi connectivity index (χ4v) is 4.48. The summed E-state index contributed by atoms with van der Waals surface area (Å²) in [5.74, 6) is 0.420. The molecule has 31 heavy (non-hydrogen) atoms. The van der Waals surface area contributed by atoms with Crippen LogP contribution in [0.25, 0.3) is 44.0 Å². The lowest BCUT2D eigenvalue weighted by Gasteiger charge is -2.29. The molecular formula is C28H28N2O. The third-order valence-corrected chi connectivity index (χ3v) is 6.79. The highest BCUT2D eigenvalue weighted by molar-refractivity contribution is 6.17. The summed E-state index contributed by atoms with van der Waals surface area (Å²) in [6.45, 7) is 13.4. The van der Waals surface area contributed by atoms with E-state index in [0.717, 1.165) is 49.7 Å². The number of fused-ring (bicyclic) bond motifs is 5. The molecule has 0 bridgehead atoms. The first kappa shape index (κ1) is 19.7. The van der Waals surface area contributed by atoms with Crippen LogP contribution in [0.1, 0.15) is 50.4 Å². The van der Waals surface area contributed by atoms with Crippen molar-refractivity contribution in [1.29, 1.82) is 0 Å². The van der Waals surface area contributed by atoms with Crippen molar-refractivity contribution in [1.82, 2.24) is 9.97 Å². The highest BCUT2D eigenvalue weighted by Crippen LogP contribution is 2.41. The number of hydrogen-bond acceptors (Lipinski definition) is 3. The second kappa shape index (κ2) is 6.91. The second-order valence-electron chi connectivity index (χ2n) is 9.73. The van der Waals surface area contributed by atoms with Gasteiger partial charge in [-0.05, 0) is 60.6 Å². The minimum Gasteiger partial charge on any atom is -0.455 e. The largest absolute Gasteiger partial charge is 0.455 e. The van der Waals surface area contributed by atoms with Gasteiger partial charge in [0.2, 0.25) is 0 Å². The van der Waals surface area contributed by atoms with Crippen molar-refractivity contribution in [2.24, 2.45) is 5.41 Å². The molecule has 5 rings (SSSR count). The van der Waals surface area contributed by atoms with E-state index in [0.29, 0.717) is 5.92 Å². The van der Waals surface area contributed by atoms with Crippen LogP contribution >= 0.6 is 0 Å². The molecule has 0 aliphatic rings. The van der Waals surface area contributed by atoms with Gasteiger partial charge in [-0.3, -0.25) is 9.97 Å². The van der Waals surface area contributed by atoms with Crippen molar-refractivity contribution in [3.8, 4) is 11.3 Å². The lowest BCUT2D eigenvalue weighted by molar-refractivity contribution is 0.338. The van der Waals surface area contributed by atoms with Crippen molar-refractivity contribution >= 4 is 32.7 Å². The van der Waals surface area contributed by atoms with Crippen molar-refractivity contribution in [2.75, 3.05) is 0 Å². The van der Waals surface area contributed by atoms with Crippen LogP contribution in [-0.4, -0.2) is 9.97 Å². The van der Waals surface area contributed by atoms with E-state index >= 15 is 0 Å². The molecule has 0 fully saturated rings. The first-order valence-electron chi connectivity index (χ1n) is 10.9. The molecule has 1 atom stereocenters. The molecule has 0 saturated carbocycles. The zero-order valence-corrected chi connectivity index (χ0v) is 19.1.